The van der Waals surface area contributed by atoms with Crippen LogP contribution in [0, 0.1) is 0 Å². The number of para-hydroxylation sites is 1. The van der Waals surface area contributed by atoms with E-state index in [1.165, 1.54) is 15.1 Å². The molecule has 6 rings (SSSR count). The standard InChI is InChI=1S/C25H20N4O2S2/c1-29-25(31)15-9-3-2-8-14(15)21(28-29)22(30)27-24-20(16-10-4-6-12-18(16)32-24)23-26-17-11-5-7-13-19(17)33-23/h2-3,5,7-9,11,13H,4,6,10,12H2,1H3,(H,27,30). The molecule has 1 amide bonds. The smallest absolute Gasteiger partial charge is 0.277 e. The number of carbonyl (C=O) groups is 1. The Balaban J connectivity index is 1.48. The summed E-state index contributed by atoms with van der Waals surface area (Å²) in [5, 5.41) is 10.2. The van der Waals surface area contributed by atoms with Crippen LogP contribution in [0.15, 0.2) is 53.3 Å². The van der Waals surface area contributed by atoms with Gasteiger partial charge in [-0.25, -0.2) is 9.67 Å². The molecule has 1 aliphatic carbocycles. The molecule has 1 N–H and O–H groups in total. The first-order chi connectivity index (χ1) is 16.1. The van der Waals surface area contributed by atoms with Gasteiger partial charge < -0.3 is 5.32 Å². The van der Waals surface area contributed by atoms with Crippen LogP contribution in [0.25, 0.3) is 31.6 Å². The topological polar surface area (TPSA) is 76.9 Å². The fraction of sp³-hybridized carbons (Fsp3) is 0.200. The maximum absolute atomic E-state index is 13.5. The molecule has 0 aliphatic heterocycles. The van der Waals surface area contributed by atoms with Crippen LogP contribution in [0.3, 0.4) is 0 Å². The number of carbonyl (C=O) groups excluding carboxylic acids is 1. The molecule has 164 valence electrons. The monoisotopic (exact) mass is 472 g/mol. The average molecular weight is 473 g/mol. The molecular weight excluding hydrogens is 452 g/mol. The predicted octanol–water partition coefficient (Wildman–Crippen LogP) is 5.40. The molecule has 1 aliphatic rings. The average Bonchev–Trinajstić information content (AvgIpc) is 3.41. The number of amides is 1. The van der Waals surface area contributed by atoms with Gasteiger partial charge in [0.05, 0.1) is 15.6 Å². The maximum Gasteiger partial charge on any atom is 0.277 e. The summed E-state index contributed by atoms with van der Waals surface area (Å²) in [5.74, 6) is -0.317. The third-order valence-corrected chi connectivity index (χ3v) is 8.34. The molecule has 3 aromatic heterocycles. The molecule has 3 heterocycles. The van der Waals surface area contributed by atoms with Crippen LogP contribution in [-0.2, 0) is 19.9 Å². The van der Waals surface area contributed by atoms with E-state index in [2.05, 4.69) is 16.5 Å². The van der Waals surface area contributed by atoms with Crippen molar-refractivity contribution in [1.29, 1.82) is 0 Å². The Morgan fingerprint density at radius 2 is 1.76 bits per heavy atom. The van der Waals surface area contributed by atoms with Gasteiger partial charge in [0.1, 0.15) is 10.0 Å². The molecular formula is C25H20N4O2S2. The summed E-state index contributed by atoms with van der Waals surface area (Å²) in [6, 6.07) is 15.2. The molecule has 0 bridgehead atoms. The van der Waals surface area contributed by atoms with Crippen LogP contribution in [0.1, 0.15) is 33.8 Å². The molecule has 0 radical (unpaired) electrons. The van der Waals surface area contributed by atoms with Gasteiger partial charge in [0.15, 0.2) is 5.69 Å². The van der Waals surface area contributed by atoms with E-state index in [1.54, 1.807) is 47.9 Å². The molecule has 0 saturated carbocycles. The number of benzene rings is 2. The number of nitrogens with zero attached hydrogens (tertiary/aromatic N) is 3. The summed E-state index contributed by atoms with van der Waals surface area (Å²) in [6.45, 7) is 0. The van der Waals surface area contributed by atoms with Crippen molar-refractivity contribution in [3.8, 4) is 10.6 Å². The van der Waals surface area contributed by atoms with Gasteiger partial charge in [-0.15, -0.1) is 22.7 Å². The van der Waals surface area contributed by atoms with Crippen molar-refractivity contribution >= 4 is 54.6 Å². The first-order valence-corrected chi connectivity index (χ1v) is 12.5. The van der Waals surface area contributed by atoms with Gasteiger partial charge in [-0.2, -0.15) is 5.10 Å². The van der Waals surface area contributed by atoms with Crippen molar-refractivity contribution in [2.24, 2.45) is 7.05 Å². The van der Waals surface area contributed by atoms with E-state index in [1.807, 2.05) is 24.3 Å². The van der Waals surface area contributed by atoms with E-state index in [0.717, 1.165) is 51.5 Å². The van der Waals surface area contributed by atoms with Crippen LogP contribution in [0.2, 0.25) is 0 Å². The lowest BCUT2D eigenvalue weighted by atomic mass is 9.95. The Morgan fingerprint density at radius 3 is 2.61 bits per heavy atom. The van der Waals surface area contributed by atoms with Gasteiger partial charge in [0, 0.05) is 22.9 Å². The van der Waals surface area contributed by atoms with Crippen molar-refractivity contribution in [1.82, 2.24) is 14.8 Å². The van der Waals surface area contributed by atoms with E-state index in [4.69, 9.17) is 4.98 Å². The van der Waals surface area contributed by atoms with E-state index < -0.39 is 0 Å². The maximum atomic E-state index is 13.5. The highest BCUT2D eigenvalue weighted by molar-refractivity contribution is 7.23. The number of hydrogen-bond donors (Lipinski definition) is 1. The van der Waals surface area contributed by atoms with E-state index in [0.29, 0.717) is 10.8 Å². The summed E-state index contributed by atoms with van der Waals surface area (Å²) in [7, 11) is 1.57. The predicted molar refractivity (Wildman–Crippen MR) is 135 cm³/mol. The molecule has 2 aromatic carbocycles. The SMILES string of the molecule is Cn1nc(C(=O)Nc2sc3c(c2-c2nc4ccccc4s2)CCCC3)c2ccccc2c1=O. The number of rotatable bonds is 3. The summed E-state index contributed by atoms with van der Waals surface area (Å²) >= 11 is 3.30. The van der Waals surface area contributed by atoms with E-state index >= 15 is 0 Å². The van der Waals surface area contributed by atoms with Crippen LogP contribution >= 0.6 is 22.7 Å². The number of aryl methyl sites for hydroxylation is 2. The van der Waals surface area contributed by atoms with E-state index in [9.17, 15) is 9.59 Å². The van der Waals surface area contributed by atoms with Gasteiger partial charge >= 0.3 is 0 Å². The van der Waals surface area contributed by atoms with Crippen LogP contribution in [0.4, 0.5) is 5.00 Å². The largest absolute Gasteiger partial charge is 0.312 e. The molecule has 8 heteroatoms. The number of hydrogen-bond acceptors (Lipinski definition) is 6. The molecule has 0 saturated heterocycles. The summed E-state index contributed by atoms with van der Waals surface area (Å²) < 4.78 is 2.36. The lowest BCUT2D eigenvalue weighted by molar-refractivity contribution is 0.102. The zero-order chi connectivity index (χ0) is 22.5. The number of aromatic nitrogens is 3. The number of nitrogens with one attached hydrogen (secondary N) is 1. The third kappa shape index (κ3) is 3.37. The van der Waals surface area contributed by atoms with Gasteiger partial charge in [0.2, 0.25) is 0 Å². The first-order valence-electron chi connectivity index (χ1n) is 10.9. The van der Waals surface area contributed by atoms with Crippen LogP contribution < -0.4 is 10.9 Å². The Labute approximate surface area is 197 Å². The zero-order valence-electron chi connectivity index (χ0n) is 17.9. The molecule has 0 unspecified atom stereocenters. The quantitative estimate of drug-likeness (QED) is 0.381. The van der Waals surface area contributed by atoms with Gasteiger partial charge in [-0.1, -0.05) is 30.3 Å². The Morgan fingerprint density at radius 1 is 1.00 bits per heavy atom. The van der Waals surface area contributed by atoms with Gasteiger partial charge in [-0.05, 0) is 49.4 Å². The lowest BCUT2D eigenvalue weighted by Gasteiger charge is -2.12. The molecule has 0 atom stereocenters. The first kappa shape index (κ1) is 20.3. The highest BCUT2D eigenvalue weighted by Crippen LogP contribution is 2.46. The van der Waals surface area contributed by atoms with Crippen molar-refractivity contribution in [2.75, 3.05) is 5.32 Å². The number of fused-ring (bicyclic) bond motifs is 3. The summed E-state index contributed by atoms with van der Waals surface area (Å²) in [6.07, 6.45) is 4.32. The number of thiophene rings is 1. The van der Waals surface area contributed by atoms with Crippen molar-refractivity contribution < 1.29 is 4.79 Å². The third-order valence-electron chi connectivity index (χ3n) is 6.08. The van der Waals surface area contributed by atoms with E-state index in [-0.39, 0.29) is 17.2 Å². The van der Waals surface area contributed by atoms with Crippen LogP contribution in [-0.4, -0.2) is 20.7 Å². The van der Waals surface area contributed by atoms with Gasteiger partial charge in [0.25, 0.3) is 11.5 Å². The van der Waals surface area contributed by atoms with Crippen LogP contribution in [0.5, 0.6) is 0 Å². The summed E-state index contributed by atoms with van der Waals surface area (Å²) in [4.78, 5) is 32.2. The second-order valence-corrected chi connectivity index (χ2v) is 10.3. The number of thiazole rings is 1. The Hall–Kier alpha value is -3.36. The molecule has 0 fully saturated rings. The second-order valence-electron chi connectivity index (χ2n) is 8.18. The second kappa shape index (κ2) is 7.90. The summed E-state index contributed by atoms with van der Waals surface area (Å²) in [5.41, 5.74) is 3.34. The minimum atomic E-state index is -0.317. The molecule has 0 spiro atoms. The minimum absolute atomic E-state index is 0.219. The fourth-order valence-electron chi connectivity index (χ4n) is 4.49. The molecule has 6 nitrogen and oxygen atoms in total. The molecule has 5 aromatic rings. The highest BCUT2D eigenvalue weighted by Gasteiger charge is 2.26. The Kier molecular flexibility index (Phi) is 4.85. The minimum Gasteiger partial charge on any atom is -0.312 e. The van der Waals surface area contributed by atoms with Gasteiger partial charge in [-0.3, -0.25) is 9.59 Å². The normalized spacial score (nSPS) is 13.4. The van der Waals surface area contributed by atoms with Crippen molar-refractivity contribution in [3.63, 3.8) is 0 Å². The fourth-order valence-corrected chi connectivity index (χ4v) is 6.88. The number of anilines is 1. The Bertz CT molecular complexity index is 1580. The van der Waals surface area contributed by atoms with Crippen molar-refractivity contribution in [2.45, 2.75) is 25.7 Å². The lowest BCUT2D eigenvalue weighted by Crippen LogP contribution is -2.25. The van der Waals surface area contributed by atoms with Crippen molar-refractivity contribution in [3.05, 3.63) is 75.0 Å². The highest BCUT2D eigenvalue weighted by atomic mass is 32.1. The zero-order valence-corrected chi connectivity index (χ0v) is 19.6. The molecule has 33 heavy (non-hydrogen) atoms.